The highest BCUT2D eigenvalue weighted by Crippen LogP contribution is 2.13. The van der Waals surface area contributed by atoms with Gasteiger partial charge >= 0.3 is 11.8 Å². The lowest BCUT2D eigenvalue weighted by atomic mass is 10.3. The second-order valence-corrected chi connectivity index (χ2v) is 5.41. The van der Waals surface area contributed by atoms with Crippen LogP contribution in [0.3, 0.4) is 0 Å². The third-order valence-electron chi connectivity index (χ3n) is 2.74. The average Bonchev–Trinajstić information content (AvgIpc) is 2.49. The predicted molar refractivity (Wildman–Crippen MR) is 87.6 cm³/mol. The molecule has 0 atom stereocenters. The summed E-state index contributed by atoms with van der Waals surface area (Å²) in [5, 5.41) is 2.59. The van der Waals surface area contributed by atoms with E-state index in [4.69, 9.17) is 0 Å². The number of benzene rings is 2. The molecule has 0 radical (unpaired) electrons. The van der Waals surface area contributed by atoms with Gasteiger partial charge in [-0.25, -0.2) is 0 Å². The zero-order chi connectivity index (χ0) is 14.5. The van der Waals surface area contributed by atoms with Crippen molar-refractivity contribution in [3.05, 3.63) is 58.2 Å². The quantitative estimate of drug-likeness (QED) is 0.644. The molecule has 2 aromatic carbocycles. The number of likely N-dealkylation sites (N-methyl/N-ethyl adjacent to an activating group) is 1. The molecule has 0 bridgehead atoms. The molecule has 4 nitrogen and oxygen atoms in total. The number of hydrogen-bond donors (Lipinski definition) is 1. The number of hydrogen-bond acceptors (Lipinski definition) is 2. The van der Waals surface area contributed by atoms with Crippen molar-refractivity contribution in [3.63, 3.8) is 0 Å². The molecule has 2 amide bonds. The van der Waals surface area contributed by atoms with Gasteiger partial charge in [-0.1, -0.05) is 18.2 Å². The van der Waals surface area contributed by atoms with Gasteiger partial charge in [0.05, 0.1) is 0 Å². The van der Waals surface area contributed by atoms with Crippen LogP contribution in [0.2, 0.25) is 0 Å². The van der Waals surface area contributed by atoms with Gasteiger partial charge < -0.3 is 10.2 Å². The summed E-state index contributed by atoms with van der Waals surface area (Å²) in [4.78, 5) is 25.3. The maximum absolute atomic E-state index is 12.0. The molecule has 2 rings (SSSR count). The van der Waals surface area contributed by atoms with Crippen LogP contribution in [-0.4, -0.2) is 18.9 Å². The van der Waals surface area contributed by atoms with E-state index in [2.05, 4.69) is 27.9 Å². The standard InChI is InChI=1S/C15H13IN2O2/c1-18(13-5-3-2-4-6-13)15(20)14(19)17-12-9-7-11(16)8-10-12/h2-10H,1H3,(H,17,19). The summed E-state index contributed by atoms with van der Waals surface area (Å²) in [6, 6.07) is 16.3. The number of rotatable bonds is 2. The van der Waals surface area contributed by atoms with Crippen LogP contribution < -0.4 is 10.2 Å². The number of para-hydroxylation sites is 1. The van der Waals surface area contributed by atoms with Crippen molar-refractivity contribution in [1.82, 2.24) is 0 Å². The number of amides is 2. The van der Waals surface area contributed by atoms with Crippen molar-refractivity contribution in [3.8, 4) is 0 Å². The zero-order valence-electron chi connectivity index (χ0n) is 10.8. The Morgan fingerprint density at radius 3 is 2.20 bits per heavy atom. The normalized spacial score (nSPS) is 9.90. The molecule has 0 aliphatic heterocycles. The van der Waals surface area contributed by atoms with Crippen molar-refractivity contribution in [2.45, 2.75) is 0 Å². The molecule has 20 heavy (non-hydrogen) atoms. The van der Waals surface area contributed by atoms with Crippen LogP contribution in [0.25, 0.3) is 0 Å². The molecule has 0 fully saturated rings. The Balaban J connectivity index is 2.05. The smallest absolute Gasteiger partial charge is 0.316 e. The maximum Gasteiger partial charge on any atom is 0.316 e. The summed E-state index contributed by atoms with van der Waals surface area (Å²) in [6.45, 7) is 0. The maximum atomic E-state index is 12.0. The lowest BCUT2D eigenvalue weighted by Crippen LogP contribution is -2.37. The lowest BCUT2D eigenvalue weighted by Gasteiger charge is -2.16. The van der Waals surface area contributed by atoms with Crippen LogP contribution in [0.1, 0.15) is 0 Å². The molecule has 0 unspecified atom stereocenters. The summed E-state index contributed by atoms with van der Waals surface area (Å²) in [5.74, 6) is -1.26. The van der Waals surface area contributed by atoms with Crippen molar-refractivity contribution in [1.29, 1.82) is 0 Å². The van der Waals surface area contributed by atoms with Crippen molar-refractivity contribution >= 4 is 45.8 Å². The molecular formula is C15H13IN2O2. The van der Waals surface area contributed by atoms with E-state index >= 15 is 0 Å². The van der Waals surface area contributed by atoms with Crippen LogP contribution >= 0.6 is 22.6 Å². The Bertz CT molecular complexity index is 612. The van der Waals surface area contributed by atoms with E-state index in [9.17, 15) is 9.59 Å². The fourth-order valence-electron chi connectivity index (χ4n) is 1.64. The van der Waals surface area contributed by atoms with Gasteiger partial charge in [-0.15, -0.1) is 0 Å². The van der Waals surface area contributed by atoms with Crippen molar-refractivity contribution < 1.29 is 9.59 Å². The predicted octanol–water partition coefficient (Wildman–Crippen LogP) is 2.89. The van der Waals surface area contributed by atoms with Gasteiger partial charge in [0.2, 0.25) is 0 Å². The second-order valence-electron chi connectivity index (χ2n) is 4.16. The molecule has 0 spiro atoms. The fourth-order valence-corrected chi connectivity index (χ4v) is 2.00. The first-order chi connectivity index (χ1) is 9.58. The number of carbonyl (C=O) groups excluding carboxylic acids is 2. The average molecular weight is 380 g/mol. The first-order valence-corrected chi connectivity index (χ1v) is 7.05. The van der Waals surface area contributed by atoms with E-state index in [1.54, 1.807) is 31.3 Å². The molecule has 0 aromatic heterocycles. The molecule has 1 N–H and O–H groups in total. The van der Waals surface area contributed by atoms with E-state index in [0.717, 1.165) is 3.57 Å². The first-order valence-electron chi connectivity index (χ1n) is 5.97. The van der Waals surface area contributed by atoms with Crippen LogP contribution in [0.4, 0.5) is 11.4 Å². The third-order valence-corrected chi connectivity index (χ3v) is 3.46. The van der Waals surface area contributed by atoms with E-state index < -0.39 is 11.8 Å². The van der Waals surface area contributed by atoms with Gasteiger partial charge in [0, 0.05) is 22.0 Å². The summed E-state index contributed by atoms with van der Waals surface area (Å²) < 4.78 is 1.06. The molecule has 0 aliphatic carbocycles. The van der Waals surface area contributed by atoms with Gasteiger partial charge in [0.15, 0.2) is 0 Å². The van der Waals surface area contributed by atoms with E-state index in [1.165, 1.54) is 4.90 Å². The van der Waals surface area contributed by atoms with Gasteiger partial charge in [-0.2, -0.15) is 0 Å². The van der Waals surface area contributed by atoms with Gasteiger partial charge in [0.25, 0.3) is 0 Å². The van der Waals surface area contributed by atoms with Crippen LogP contribution in [0, 0.1) is 3.57 Å². The minimum atomic E-state index is -0.655. The Labute approximate surface area is 130 Å². The van der Waals surface area contributed by atoms with Crippen LogP contribution in [-0.2, 0) is 9.59 Å². The summed E-state index contributed by atoms with van der Waals surface area (Å²) in [6.07, 6.45) is 0. The van der Waals surface area contributed by atoms with E-state index in [-0.39, 0.29) is 0 Å². The highest BCUT2D eigenvalue weighted by Gasteiger charge is 2.19. The first kappa shape index (κ1) is 14.5. The molecule has 0 aliphatic rings. The minimum absolute atomic E-state index is 0.602. The van der Waals surface area contributed by atoms with Gasteiger partial charge in [-0.05, 0) is 59.0 Å². The zero-order valence-corrected chi connectivity index (χ0v) is 13.0. The highest BCUT2D eigenvalue weighted by molar-refractivity contribution is 14.1. The van der Waals surface area contributed by atoms with Crippen molar-refractivity contribution in [2.24, 2.45) is 0 Å². The largest absolute Gasteiger partial charge is 0.318 e. The molecule has 2 aromatic rings. The number of nitrogens with one attached hydrogen (secondary N) is 1. The molecule has 0 heterocycles. The molecule has 5 heteroatoms. The summed E-state index contributed by atoms with van der Waals surface area (Å²) in [7, 11) is 1.57. The van der Waals surface area contributed by atoms with Crippen LogP contribution in [0.15, 0.2) is 54.6 Å². The molecule has 102 valence electrons. The van der Waals surface area contributed by atoms with Gasteiger partial charge in [0.1, 0.15) is 0 Å². The number of nitrogens with zero attached hydrogens (tertiary/aromatic N) is 1. The Kier molecular flexibility index (Phi) is 4.73. The Morgan fingerprint density at radius 1 is 1.00 bits per heavy atom. The topological polar surface area (TPSA) is 49.4 Å². The minimum Gasteiger partial charge on any atom is -0.318 e. The third kappa shape index (κ3) is 3.57. The summed E-state index contributed by atoms with van der Waals surface area (Å²) in [5.41, 5.74) is 1.28. The van der Waals surface area contributed by atoms with Crippen molar-refractivity contribution in [2.75, 3.05) is 17.3 Å². The Hall–Kier alpha value is -1.89. The second kappa shape index (κ2) is 6.51. The number of halogens is 1. The summed E-state index contributed by atoms with van der Waals surface area (Å²) >= 11 is 2.17. The fraction of sp³-hybridized carbons (Fsp3) is 0.0667. The van der Waals surface area contributed by atoms with E-state index in [0.29, 0.717) is 11.4 Å². The number of carbonyl (C=O) groups is 2. The molecule has 0 saturated carbocycles. The van der Waals surface area contributed by atoms with Crippen LogP contribution in [0.5, 0.6) is 0 Å². The SMILES string of the molecule is CN(C(=O)C(=O)Nc1ccc(I)cc1)c1ccccc1. The monoisotopic (exact) mass is 380 g/mol. The lowest BCUT2D eigenvalue weighted by molar-refractivity contribution is -0.134. The van der Waals surface area contributed by atoms with E-state index in [1.807, 2.05) is 30.3 Å². The Morgan fingerprint density at radius 2 is 1.60 bits per heavy atom. The number of anilines is 2. The highest BCUT2D eigenvalue weighted by atomic mass is 127. The molecular weight excluding hydrogens is 367 g/mol. The molecule has 0 saturated heterocycles. The van der Waals surface area contributed by atoms with Gasteiger partial charge in [-0.3, -0.25) is 9.59 Å².